The summed E-state index contributed by atoms with van der Waals surface area (Å²) in [7, 11) is 0. The Labute approximate surface area is 119 Å². The molecule has 0 spiro atoms. The molecule has 2 atom stereocenters. The molecule has 1 fully saturated rings. The van der Waals surface area contributed by atoms with Crippen molar-refractivity contribution in [2.24, 2.45) is 0 Å². The maximum absolute atomic E-state index is 5.98. The molecule has 0 aromatic carbocycles. The number of hydrogen-bond donors (Lipinski definition) is 0. The molecule has 0 amide bonds. The number of rotatable bonds is 4. The summed E-state index contributed by atoms with van der Waals surface area (Å²) in [4.78, 5) is 14.9. The Morgan fingerprint density at radius 1 is 1.32 bits per heavy atom. The minimum Gasteiger partial charge on any atom is -0.461 e. The quantitative estimate of drug-likeness (QED) is 0.850. The largest absolute Gasteiger partial charge is 0.461 e. The molecule has 2 heterocycles. The summed E-state index contributed by atoms with van der Waals surface area (Å²) in [5.41, 5.74) is 0. The lowest BCUT2D eigenvalue weighted by Crippen LogP contribution is -2.35. The summed E-state index contributed by atoms with van der Waals surface area (Å²) < 4.78 is 5.53. The van der Waals surface area contributed by atoms with Gasteiger partial charge in [-0.05, 0) is 51.6 Å². The molecule has 0 radical (unpaired) electrons. The first-order chi connectivity index (χ1) is 9.01. The van der Waals surface area contributed by atoms with Crippen LogP contribution in [0.3, 0.4) is 0 Å². The molecule has 106 valence electrons. The van der Waals surface area contributed by atoms with E-state index >= 15 is 0 Å². The third-order valence-electron chi connectivity index (χ3n) is 3.41. The summed E-state index contributed by atoms with van der Waals surface area (Å²) in [6.07, 6.45) is 3.42. The van der Waals surface area contributed by atoms with Crippen LogP contribution in [0.15, 0.2) is 0 Å². The first kappa shape index (κ1) is 14.3. The van der Waals surface area contributed by atoms with Gasteiger partial charge in [0.05, 0.1) is 6.10 Å². The smallest absolute Gasteiger partial charge is 0.322 e. The fraction of sp³-hybridized carbons (Fsp3) is 0.769. The van der Waals surface area contributed by atoms with Crippen LogP contribution in [-0.4, -0.2) is 33.1 Å². The van der Waals surface area contributed by atoms with Crippen LogP contribution in [0.2, 0.25) is 5.28 Å². The van der Waals surface area contributed by atoms with E-state index in [1.807, 2.05) is 13.8 Å². The molecule has 0 N–H and O–H groups in total. The first-order valence-electron chi connectivity index (χ1n) is 6.87. The molecule has 2 rings (SSSR count). The number of hydrogen-bond acceptors (Lipinski definition) is 5. The molecule has 1 aromatic heterocycles. The monoisotopic (exact) mass is 284 g/mol. The van der Waals surface area contributed by atoms with Crippen molar-refractivity contribution in [3.05, 3.63) is 5.28 Å². The zero-order valence-corrected chi connectivity index (χ0v) is 12.7. The van der Waals surface area contributed by atoms with Crippen LogP contribution >= 0.6 is 11.6 Å². The maximum atomic E-state index is 5.98. The predicted octanol–water partition coefficient (Wildman–Crippen LogP) is 3.08. The van der Waals surface area contributed by atoms with E-state index in [0.29, 0.717) is 24.0 Å². The van der Waals surface area contributed by atoms with Gasteiger partial charge in [-0.3, -0.25) is 0 Å². The van der Waals surface area contributed by atoms with E-state index < -0.39 is 0 Å². The number of ether oxygens (including phenoxy) is 1. The Balaban J connectivity index is 2.30. The van der Waals surface area contributed by atoms with Gasteiger partial charge in [-0.25, -0.2) is 0 Å². The number of anilines is 1. The molecule has 1 aromatic rings. The highest BCUT2D eigenvalue weighted by Crippen LogP contribution is 2.30. The lowest BCUT2D eigenvalue weighted by atomic mass is 10.2. The van der Waals surface area contributed by atoms with Gasteiger partial charge in [0, 0.05) is 12.1 Å². The lowest BCUT2D eigenvalue weighted by Gasteiger charge is -2.28. The first-order valence-corrected chi connectivity index (χ1v) is 7.25. The van der Waals surface area contributed by atoms with Gasteiger partial charge in [-0.2, -0.15) is 15.0 Å². The summed E-state index contributed by atoms with van der Waals surface area (Å²) >= 11 is 5.98. The van der Waals surface area contributed by atoms with Crippen LogP contribution in [0, 0.1) is 0 Å². The molecule has 0 aliphatic carbocycles. The van der Waals surface area contributed by atoms with E-state index in [4.69, 9.17) is 16.3 Å². The lowest BCUT2D eigenvalue weighted by molar-refractivity contribution is 0.221. The second-order valence-corrected chi connectivity index (χ2v) is 5.59. The second-order valence-electron chi connectivity index (χ2n) is 5.25. The van der Waals surface area contributed by atoms with Gasteiger partial charge in [-0.15, -0.1) is 0 Å². The van der Waals surface area contributed by atoms with E-state index in [9.17, 15) is 0 Å². The van der Waals surface area contributed by atoms with Crippen molar-refractivity contribution in [3.63, 3.8) is 0 Å². The van der Waals surface area contributed by atoms with E-state index in [1.165, 1.54) is 6.42 Å². The standard InChI is InChI=1S/C13H21ClN4O/c1-5-10-7-6-9(4)18(10)12-15-11(14)16-13(17-12)19-8(2)3/h8-10H,5-7H2,1-4H3. The highest BCUT2D eigenvalue weighted by Gasteiger charge is 2.32. The Morgan fingerprint density at radius 2 is 2.05 bits per heavy atom. The van der Waals surface area contributed by atoms with Crippen LogP contribution in [0.1, 0.15) is 47.0 Å². The van der Waals surface area contributed by atoms with Crippen LogP contribution in [0.4, 0.5) is 5.95 Å². The average Bonchev–Trinajstić information content (AvgIpc) is 2.68. The van der Waals surface area contributed by atoms with Crippen molar-refractivity contribution in [3.8, 4) is 6.01 Å². The Bertz CT molecular complexity index is 441. The molecule has 1 aliphatic rings. The van der Waals surface area contributed by atoms with Gasteiger partial charge in [0.15, 0.2) is 0 Å². The molecule has 0 bridgehead atoms. The van der Waals surface area contributed by atoms with Crippen LogP contribution in [0.5, 0.6) is 6.01 Å². The average molecular weight is 285 g/mol. The van der Waals surface area contributed by atoms with Gasteiger partial charge >= 0.3 is 6.01 Å². The molecular formula is C13H21ClN4O. The molecule has 0 saturated carbocycles. The molecular weight excluding hydrogens is 264 g/mol. The summed E-state index contributed by atoms with van der Waals surface area (Å²) in [5, 5.41) is 0.189. The highest BCUT2D eigenvalue weighted by atomic mass is 35.5. The predicted molar refractivity (Wildman–Crippen MR) is 75.9 cm³/mol. The highest BCUT2D eigenvalue weighted by molar-refractivity contribution is 6.28. The summed E-state index contributed by atoms with van der Waals surface area (Å²) in [6.45, 7) is 8.25. The Morgan fingerprint density at radius 3 is 2.68 bits per heavy atom. The van der Waals surface area contributed by atoms with Gasteiger partial charge in [0.25, 0.3) is 0 Å². The second kappa shape index (κ2) is 5.90. The van der Waals surface area contributed by atoms with Gasteiger partial charge in [0.2, 0.25) is 11.2 Å². The van der Waals surface area contributed by atoms with E-state index in [2.05, 4.69) is 33.7 Å². The number of aromatic nitrogens is 3. The van der Waals surface area contributed by atoms with Crippen LogP contribution < -0.4 is 9.64 Å². The molecule has 2 unspecified atom stereocenters. The third-order valence-corrected chi connectivity index (χ3v) is 3.57. The van der Waals surface area contributed by atoms with Crippen molar-refractivity contribution in [1.29, 1.82) is 0 Å². The Kier molecular flexibility index (Phi) is 4.45. The molecule has 1 aliphatic heterocycles. The molecule has 19 heavy (non-hydrogen) atoms. The fourth-order valence-electron chi connectivity index (χ4n) is 2.53. The molecule has 1 saturated heterocycles. The maximum Gasteiger partial charge on any atom is 0.322 e. The zero-order chi connectivity index (χ0) is 14.0. The van der Waals surface area contributed by atoms with Crippen molar-refractivity contribution in [2.75, 3.05) is 4.90 Å². The third kappa shape index (κ3) is 3.26. The van der Waals surface area contributed by atoms with Gasteiger partial charge < -0.3 is 9.64 Å². The number of halogens is 1. The van der Waals surface area contributed by atoms with Crippen LogP contribution in [-0.2, 0) is 0 Å². The van der Waals surface area contributed by atoms with Crippen molar-refractivity contribution < 1.29 is 4.74 Å². The molecule has 5 nitrogen and oxygen atoms in total. The zero-order valence-electron chi connectivity index (χ0n) is 11.9. The van der Waals surface area contributed by atoms with Crippen LogP contribution in [0.25, 0.3) is 0 Å². The Hall–Kier alpha value is -1.10. The van der Waals surface area contributed by atoms with Crippen molar-refractivity contribution in [1.82, 2.24) is 15.0 Å². The molecule has 6 heteroatoms. The topological polar surface area (TPSA) is 51.1 Å². The van der Waals surface area contributed by atoms with E-state index in [-0.39, 0.29) is 11.4 Å². The van der Waals surface area contributed by atoms with Gasteiger partial charge in [-0.1, -0.05) is 6.92 Å². The summed E-state index contributed by atoms with van der Waals surface area (Å²) in [6, 6.07) is 1.20. The minimum absolute atomic E-state index is 0.0179. The van der Waals surface area contributed by atoms with E-state index in [0.717, 1.165) is 12.8 Å². The summed E-state index contributed by atoms with van der Waals surface area (Å²) in [5.74, 6) is 0.632. The SMILES string of the molecule is CCC1CCC(C)N1c1nc(Cl)nc(OC(C)C)n1. The van der Waals surface area contributed by atoms with E-state index in [1.54, 1.807) is 0 Å². The van der Waals surface area contributed by atoms with Gasteiger partial charge in [0.1, 0.15) is 0 Å². The fourth-order valence-corrected chi connectivity index (χ4v) is 2.68. The van der Waals surface area contributed by atoms with Crippen molar-refractivity contribution in [2.45, 2.75) is 65.1 Å². The van der Waals surface area contributed by atoms with Crippen molar-refractivity contribution >= 4 is 17.5 Å². The normalized spacial score (nSPS) is 23.2. The number of nitrogens with zero attached hydrogens (tertiary/aromatic N) is 4. The minimum atomic E-state index is 0.0179.